The van der Waals surface area contributed by atoms with Crippen LogP contribution in [0.4, 0.5) is 5.69 Å². The summed E-state index contributed by atoms with van der Waals surface area (Å²) < 4.78 is 29.7. The SMILES string of the molecule is O=C1CCCN1c1ccc(S(=O)(=O)N2CCCC[C@@H]2c2nc3ccccc3s2)cc1. The zero-order chi connectivity index (χ0) is 20.7. The number of hydrogen-bond donors (Lipinski definition) is 0. The van der Waals surface area contributed by atoms with Crippen LogP contribution in [0.15, 0.2) is 53.4 Å². The highest BCUT2D eigenvalue weighted by atomic mass is 32.2. The Morgan fingerprint density at radius 3 is 2.50 bits per heavy atom. The molecule has 1 atom stereocenters. The predicted octanol–water partition coefficient (Wildman–Crippen LogP) is 4.34. The van der Waals surface area contributed by atoms with Crippen LogP contribution in [-0.2, 0) is 14.8 Å². The second kappa shape index (κ2) is 7.76. The maximum Gasteiger partial charge on any atom is 0.243 e. The van der Waals surface area contributed by atoms with Gasteiger partial charge in [0, 0.05) is 25.2 Å². The van der Waals surface area contributed by atoms with Gasteiger partial charge in [-0.05, 0) is 55.7 Å². The van der Waals surface area contributed by atoms with Gasteiger partial charge in [0.05, 0.1) is 21.2 Å². The standard InChI is InChI=1S/C22H23N3O3S2/c26-21-9-5-14-24(21)16-10-12-17(13-11-16)30(27,28)25-15-4-3-7-19(25)22-23-18-6-1-2-8-20(18)29-22/h1-2,6,8,10-13,19H,3-5,7,9,14-15H2/t19-/m1/s1. The van der Waals surface area contributed by atoms with E-state index in [4.69, 9.17) is 4.98 Å². The van der Waals surface area contributed by atoms with E-state index in [1.165, 1.54) is 0 Å². The van der Waals surface area contributed by atoms with E-state index in [1.807, 2.05) is 24.3 Å². The maximum absolute atomic E-state index is 13.5. The minimum atomic E-state index is -3.65. The van der Waals surface area contributed by atoms with Crippen molar-refractivity contribution in [1.82, 2.24) is 9.29 Å². The first-order chi connectivity index (χ1) is 14.5. The highest BCUT2D eigenvalue weighted by Gasteiger charge is 2.36. The van der Waals surface area contributed by atoms with Gasteiger partial charge in [-0.25, -0.2) is 13.4 Å². The number of carbonyl (C=O) groups is 1. The second-order valence-corrected chi connectivity index (χ2v) is 10.7. The number of carbonyl (C=O) groups excluding carboxylic acids is 1. The second-order valence-electron chi connectivity index (χ2n) is 7.79. The van der Waals surface area contributed by atoms with Crippen molar-refractivity contribution in [3.63, 3.8) is 0 Å². The van der Waals surface area contributed by atoms with Gasteiger partial charge in [-0.3, -0.25) is 4.79 Å². The quantitative estimate of drug-likeness (QED) is 0.604. The fourth-order valence-corrected chi connectivity index (χ4v) is 7.17. The largest absolute Gasteiger partial charge is 0.312 e. The van der Waals surface area contributed by atoms with Crippen molar-refractivity contribution in [1.29, 1.82) is 0 Å². The van der Waals surface area contributed by atoms with Crippen LogP contribution in [0.2, 0.25) is 0 Å². The Morgan fingerprint density at radius 2 is 1.77 bits per heavy atom. The molecule has 2 fully saturated rings. The fourth-order valence-electron chi connectivity index (χ4n) is 4.33. The molecule has 30 heavy (non-hydrogen) atoms. The van der Waals surface area contributed by atoms with Gasteiger partial charge >= 0.3 is 0 Å². The first kappa shape index (κ1) is 19.7. The van der Waals surface area contributed by atoms with Gasteiger partial charge in [-0.15, -0.1) is 11.3 Å². The number of aromatic nitrogens is 1. The zero-order valence-corrected chi connectivity index (χ0v) is 18.2. The number of fused-ring (bicyclic) bond motifs is 1. The monoisotopic (exact) mass is 441 g/mol. The molecule has 2 aromatic carbocycles. The number of rotatable bonds is 4. The molecular formula is C22H23N3O3S2. The van der Waals surface area contributed by atoms with E-state index in [0.717, 1.165) is 46.6 Å². The molecule has 156 valence electrons. The Morgan fingerprint density at radius 1 is 0.967 bits per heavy atom. The van der Waals surface area contributed by atoms with Gasteiger partial charge < -0.3 is 4.90 Å². The average Bonchev–Trinajstić information content (AvgIpc) is 3.40. The number of para-hydroxylation sites is 1. The van der Waals surface area contributed by atoms with Crippen molar-refractivity contribution in [3.05, 3.63) is 53.5 Å². The van der Waals surface area contributed by atoms with Crippen molar-refractivity contribution in [2.75, 3.05) is 18.0 Å². The molecule has 2 aliphatic rings. The van der Waals surface area contributed by atoms with Gasteiger partial charge in [-0.2, -0.15) is 4.31 Å². The minimum Gasteiger partial charge on any atom is -0.312 e. The van der Waals surface area contributed by atoms with E-state index in [2.05, 4.69) is 0 Å². The molecule has 0 radical (unpaired) electrons. The number of nitrogens with zero attached hydrogens (tertiary/aromatic N) is 3. The molecule has 3 aromatic rings. The molecule has 3 heterocycles. The van der Waals surface area contributed by atoms with Crippen LogP contribution in [0.3, 0.4) is 0 Å². The van der Waals surface area contributed by atoms with Crippen LogP contribution >= 0.6 is 11.3 Å². The third-order valence-electron chi connectivity index (χ3n) is 5.88. The van der Waals surface area contributed by atoms with Crippen LogP contribution in [0.1, 0.15) is 43.2 Å². The van der Waals surface area contributed by atoms with E-state index in [-0.39, 0.29) is 16.8 Å². The lowest BCUT2D eigenvalue weighted by atomic mass is 10.1. The first-order valence-corrected chi connectivity index (χ1v) is 12.6. The predicted molar refractivity (Wildman–Crippen MR) is 118 cm³/mol. The molecule has 1 aromatic heterocycles. The molecule has 0 unspecified atom stereocenters. The Labute approximate surface area is 180 Å². The Bertz CT molecular complexity index is 1150. The zero-order valence-electron chi connectivity index (χ0n) is 16.5. The fraction of sp³-hybridized carbons (Fsp3) is 0.364. The third-order valence-corrected chi connectivity index (χ3v) is 8.94. The molecule has 5 rings (SSSR count). The van der Waals surface area contributed by atoms with Crippen molar-refractivity contribution in [2.24, 2.45) is 0 Å². The highest BCUT2D eigenvalue weighted by molar-refractivity contribution is 7.89. The number of thiazole rings is 1. The average molecular weight is 442 g/mol. The normalized spacial score (nSPS) is 20.9. The summed E-state index contributed by atoms with van der Waals surface area (Å²) in [5.41, 5.74) is 1.68. The van der Waals surface area contributed by atoms with Crippen LogP contribution in [0.5, 0.6) is 0 Å². The van der Waals surface area contributed by atoms with Gasteiger partial charge in [0.2, 0.25) is 15.9 Å². The van der Waals surface area contributed by atoms with E-state index >= 15 is 0 Å². The Hall–Kier alpha value is -2.29. The van der Waals surface area contributed by atoms with E-state index in [0.29, 0.717) is 19.5 Å². The number of benzene rings is 2. The summed E-state index contributed by atoms with van der Waals surface area (Å²) >= 11 is 1.58. The maximum atomic E-state index is 13.5. The highest BCUT2D eigenvalue weighted by Crippen LogP contribution is 2.39. The molecule has 2 saturated heterocycles. The van der Waals surface area contributed by atoms with Gasteiger partial charge in [-0.1, -0.05) is 18.6 Å². The molecule has 6 nitrogen and oxygen atoms in total. The lowest BCUT2D eigenvalue weighted by molar-refractivity contribution is -0.117. The van der Waals surface area contributed by atoms with Crippen molar-refractivity contribution >= 4 is 43.2 Å². The number of hydrogen-bond acceptors (Lipinski definition) is 5. The van der Waals surface area contributed by atoms with Crippen molar-refractivity contribution in [2.45, 2.75) is 43.0 Å². The molecule has 1 amide bonds. The van der Waals surface area contributed by atoms with Crippen molar-refractivity contribution < 1.29 is 13.2 Å². The molecule has 0 aliphatic carbocycles. The van der Waals surface area contributed by atoms with Gasteiger partial charge in [0.25, 0.3) is 0 Å². The summed E-state index contributed by atoms with van der Waals surface area (Å²) in [6.07, 6.45) is 4.01. The third kappa shape index (κ3) is 3.42. The van der Waals surface area contributed by atoms with Crippen LogP contribution in [0.25, 0.3) is 10.2 Å². The number of piperidine rings is 1. The lowest BCUT2D eigenvalue weighted by Gasteiger charge is -2.33. The number of sulfonamides is 1. The molecule has 0 spiro atoms. The summed E-state index contributed by atoms with van der Waals surface area (Å²) in [6.45, 7) is 1.19. The topological polar surface area (TPSA) is 70.6 Å². The van der Waals surface area contributed by atoms with Crippen molar-refractivity contribution in [3.8, 4) is 0 Å². The smallest absolute Gasteiger partial charge is 0.243 e. The lowest BCUT2D eigenvalue weighted by Crippen LogP contribution is -2.38. The Balaban J connectivity index is 1.46. The van der Waals surface area contributed by atoms with E-state index in [9.17, 15) is 13.2 Å². The summed E-state index contributed by atoms with van der Waals surface area (Å²) in [4.78, 5) is 18.7. The van der Waals surface area contributed by atoms with Gasteiger partial charge in [0.1, 0.15) is 5.01 Å². The van der Waals surface area contributed by atoms with Crippen LogP contribution in [-0.4, -0.2) is 36.7 Å². The molecule has 2 aliphatic heterocycles. The summed E-state index contributed by atoms with van der Waals surface area (Å²) in [5.74, 6) is 0.0949. The molecule has 0 saturated carbocycles. The summed E-state index contributed by atoms with van der Waals surface area (Å²) in [6, 6.07) is 14.4. The van der Waals surface area contributed by atoms with E-state index < -0.39 is 10.0 Å². The molecule has 8 heteroatoms. The molecular weight excluding hydrogens is 418 g/mol. The van der Waals surface area contributed by atoms with Crippen LogP contribution in [0, 0.1) is 0 Å². The number of amides is 1. The minimum absolute atomic E-state index is 0.0949. The molecule has 0 bridgehead atoms. The first-order valence-electron chi connectivity index (χ1n) is 10.3. The van der Waals surface area contributed by atoms with E-state index in [1.54, 1.807) is 44.8 Å². The molecule has 0 N–H and O–H groups in total. The van der Waals surface area contributed by atoms with Gasteiger partial charge in [0.15, 0.2) is 0 Å². The Kier molecular flexibility index (Phi) is 5.08. The summed E-state index contributed by atoms with van der Waals surface area (Å²) in [7, 11) is -3.65. The number of anilines is 1. The summed E-state index contributed by atoms with van der Waals surface area (Å²) in [5, 5.41) is 0.860. The van der Waals surface area contributed by atoms with Crippen LogP contribution < -0.4 is 4.90 Å².